The normalized spacial score (nSPS) is 18.2. The largest absolute Gasteiger partial charge is 0.399 e. The number of carbonyl (C=O) groups excluding carboxylic acids is 1. The molecule has 1 aliphatic heterocycles. The number of nitrogens with two attached hydrogens (primary N) is 1. The molecule has 0 aliphatic carbocycles. The lowest BCUT2D eigenvalue weighted by Gasteiger charge is -2.16. The molecule has 1 saturated heterocycles. The van der Waals surface area contributed by atoms with Crippen LogP contribution in [0.2, 0.25) is 0 Å². The molecular weight excluding hydrogens is 248 g/mol. The van der Waals surface area contributed by atoms with E-state index in [2.05, 4.69) is 12.1 Å². The molecule has 102 valence electrons. The number of benzene rings is 2. The number of likely N-dealkylation sites (tertiary alicyclic amines) is 1. The molecule has 0 bridgehead atoms. The van der Waals surface area contributed by atoms with Gasteiger partial charge in [0.05, 0.1) is 0 Å². The van der Waals surface area contributed by atoms with Gasteiger partial charge in [0.15, 0.2) is 0 Å². The van der Waals surface area contributed by atoms with Crippen molar-refractivity contribution in [2.24, 2.45) is 0 Å². The number of anilines is 1. The quantitative estimate of drug-likeness (QED) is 0.850. The summed E-state index contributed by atoms with van der Waals surface area (Å²) in [6.45, 7) is 1.61. The Morgan fingerprint density at radius 1 is 1.05 bits per heavy atom. The van der Waals surface area contributed by atoms with Crippen LogP contribution in [0.3, 0.4) is 0 Å². The van der Waals surface area contributed by atoms with Gasteiger partial charge in [-0.3, -0.25) is 4.79 Å². The van der Waals surface area contributed by atoms with Gasteiger partial charge in [0.1, 0.15) is 0 Å². The molecule has 3 heteroatoms. The molecule has 3 nitrogen and oxygen atoms in total. The lowest BCUT2D eigenvalue weighted by molar-refractivity contribution is 0.0791. The average molecular weight is 266 g/mol. The van der Waals surface area contributed by atoms with Gasteiger partial charge in [0.25, 0.3) is 5.91 Å². The molecule has 20 heavy (non-hydrogen) atoms. The van der Waals surface area contributed by atoms with Crippen molar-refractivity contribution in [1.29, 1.82) is 0 Å². The van der Waals surface area contributed by atoms with E-state index in [0.29, 0.717) is 5.92 Å². The Bertz CT molecular complexity index is 592. The van der Waals surface area contributed by atoms with E-state index in [1.807, 2.05) is 47.4 Å². The van der Waals surface area contributed by atoms with Crippen molar-refractivity contribution >= 4 is 11.6 Å². The van der Waals surface area contributed by atoms with E-state index in [1.165, 1.54) is 5.56 Å². The first-order valence-electron chi connectivity index (χ1n) is 6.94. The van der Waals surface area contributed by atoms with Crippen LogP contribution in [-0.4, -0.2) is 23.9 Å². The fourth-order valence-electron chi connectivity index (χ4n) is 2.75. The van der Waals surface area contributed by atoms with Crippen LogP contribution < -0.4 is 5.73 Å². The van der Waals surface area contributed by atoms with Crippen molar-refractivity contribution < 1.29 is 4.79 Å². The third-order valence-electron chi connectivity index (χ3n) is 3.90. The van der Waals surface area contributed by atoms with Crippen LogP contribution in [-0.2, 0) is 0 Å². The van der Waals surface area contributed by atoms with Crippen LogP contribution in [0.15, 0.2) is 54.6 Å². The second-order valence-electron chi connectivity index (χ2n) is 5.27. The van der Waals surface area contributed by atoms with E-state index in [9.17, 15) is 4.79 Å². The maximum absolute atomic E-state index is 12.4. The smallest absolute Gasteiger partial charge is 0.253 e. The zero-order chi connectivity index (χ0) is 13.9. The molecule has 2 aromatic carbocycles. The zero-order valence-corrected chi connectivity index (χ0v) is 11.3. The molecule has 0 radical (unpaired) electrons. The van der Waals surface area contributed by atoms with E-state index in [4.69, 9.17) is 5.73 Å². The molecule has 1 heterocycles. The summed E-state index contributed by atoms with van der Waals surface area (Å²) >= 11 is 0. The molecule has 2 aromatic rings. The first-order chi connectivity index (χ1) is 9.74. The van der Waals surface area contributed by atoms with Gasteiger partial charge in [0, 0.05) is 30.3 Å². The fourth-order valence-corrected chi connectivity index (χ4v) is 2.75. The van der Waals surface area contributed by atoms with Gasteiger partial charge in [-0.25, -0.2) is 0 Å². The SMILES string of the molecule is Nc1ccc(C2CCN(C(=O)c3ccccc3)C2)cc1. The Morgan fingerprint density at radius 2 is 1.75 bits per heavy atom. The molecule has 1 fully saturated rings. The number of nitrogen functional groups attached to an aromatic ring is 1. The van der Waals surface area contributed by atoms with E-state index >= 15 is 0 Å². The molecule has 0 saturated carbocycles. The first-order valence-corrected chi connectivity index (χ1v) is 6.94. The maximum Gasteiger partial charge on any atom is 0.253 e. The molecule has 0 spiro atoms. The van der Waals surface area contributed by atoms with Crippen LogP contribution in [0.4, 0.5) is 5.69 Å². The molecule has 3 rings (SSSR count). The lowest BCUT2D eigenvalue weighted by atomic mass is 9.98. The Balaban J connectivity index is 1.71. The monoisotopic (exact) mass is 266 g/mol. The van der Waals surface area contributed by atoms with Crippen LogP contribution in [0.5, 0.6) is 0 Å². The molecule has 1 aliphatic rings. The van der Waals surface area contributed by atoms with E-state index < -0.39 is 0 Å². The minimum absolute atomic E-state index is 0.128. The first kappa shape index (κ1) is 12.7. The summed E-state index contributed by atoms with van der Waals surface area (Å²) in [5.74, 6) is 0.548. The summed E-state index contributed by atoms with van der Waals surface area (Å²) in [5, 5.41) is 0. The van der Waals surface area contributed by atoms with Crippen molar-refractivity contribution in [2.45, 2.75) is 12.3 Å². The summed E-state index contributed by atoms with van der Waals surface area (Å²) < 4.78 is 0. The predicted molar refractivity (Wildman–Crippen MR) is 80.6 cm³/mol. The van der Waals surface area contributed by atoms with Crippen molar-refractivity contribution in [2.75, 3.05) is 18.8 Å². The number of hydrogen-bond acceptors (Lipinski definition) is 2. The number of amides is 1. The standard InChI is InChI=1S/C17H18N2O/c18-16-8-6-13(7-9-16)15-10-11-19(12-15)17(20)14-4-2-1-3-5-14/h1-9,15H,10-12,18H2. The second kappa shape index (κ2) is 5.37. The molecule has 1 amide bonds. The average Bonchev–Trinajstić information content (AvgIpc) is 2.98. The highest BCUT2D eigenvalue weighted by Gasteiger charge is 2.27. The highest BCUT2D eigenvalue weighted by Crippen LogP contribution is 2.28. The number of rotatable bonds is 2. The van der Waals surface area contributed by atoms with Crippen LogP contribution in [0, 0.1) is 0 Å². The topological polar surface area (TPSA) is 46.3 Å². The van der Waals surface area contributed by atoms with Crippen molar-refractivity contribution in [3.63, 3.8) is 0 Å². The molecule has 2 N–H and O–H groups in total. The molecule has 1 unspecified atom stereocenters. The Morgan fingerprint density at radius 3 is 2.45 bits per heavy atom. The van der Waals surface area contributed by atoms with E-state index in [1.54, 1.807) is 0 Å². The fraction of sp³-hybridized carbons (Fsp3) is 0.235. The Hall–Kier alpha value is -2.29. The predicted octanol–water partition coefficient (Wildman–Crippen LogP) is 2.90. The van der Waals surface area contributed by atoms with Gasteiger partial charge in [-0.2, -0.15) is 0 Å². The van der Waals surface area contributed by atoms with Crippen molar-refractivity contribution in [1.82, 2.24) is 4.90 Å². The number of carbonyl (C=O) groups is 1. The number of nitrogens with zero attached hydrogens (tertiary/aromatic N) is 1. The van der Waals surface area contributed by atoms with Gasteiger partial charge in [-0.15, -0.1) is 0 Å². The molecule has 0 aromatic heterocycles. The molecule has 1 atom stereocenters. The third-order valence-corrected chi connectivity index (χ3v) is 3.90. The van der Waals surface area contributed by atoms with Crippen LogP contribution in [0.1, 0.15) is 28.3 Å². The summed E-state index contributed by atoms with van der Waals surface area (Å²) in [4.78, 5) is 14.3. The van der Waals surface area contributed by atoms with Gasteiger partial charge < -0.3 is 10.6 Å². The van der Waals surface area contributed by atoms with E-state index in [0.717, 1.165) is 30.8 Å². The van der Waals surface area contributed by atoms with Gasteiger partial charge in [-0.1, -0.05) is 30.3 Å². The van der Waals surface area contributed by atoms with Crippen LogP contribution in [0.25, 0.3) is 0 Å². The van der Waals surface area contributed by atoms with Gasteiger partial charge in [0.2, 0.25) is 0 Å². The highest BCUT2D eigenvalue weighted by atomic mass is 16.2. The Kier molecular flexibility index (Phi) is 3.42. The summed E-state index contributed by atoms with van der Waals surface area (Å²) in [7, 11) is 0. The highest BCUT2D eigenvalue weighted by molar-refractivity contribution is 5.94. The van der Waals surface area contributed by atoms with Gasteiger partial charge in [-0.05, 0) is 36.2 Å². The summed E-state index contributed by atoms with van der Waals surface area (Å²) in [6, 6.07) is 17.5. The minimum atomic E-state index is 0.128. The van der Waals surface area contributed by atoms with Gasteiger partial charge >= 0.3 is 0 Å². The second-order valence-corrected chi connectivity index (χ2v) is 5.27. The summed E-state index contributed by atoms with van der Waals surface area (Å²) in [6.07, 6.45) is 1.02. The summed E-state index contributed by atoms with van der Waals surface area (Å²) in [5.41, 5.74) is 8.53. The number of hydrogen-bond donors (Lipinski definition) is 1. The zero-order valence-electron chi connectivity index (χ0n) is 11.3. The third kappa shape index (κ3) is 2.52. The minimum Gasteiger partial charge on any atom is -0.399 e. The molecular formula is C17H18N2O. The van der Waals surface area contributed by atoms with Crippen molar-refractivity contribution in [3.05, 3.63) is 65.7 Å². The Labute approximate surface area is 119 Å². The lowest BCUT2D eigenvalue weighted by Crippen LogP contribution is -2.28. The van der Waals surface area contributed by atoms with E-state index in [-0.39, 0.29) is 5.91 Å². The maximum atomic E-state index is 12.4. The van der Waals surface area contributed by atoms with Crippen LogP contribution >= 0.6 is 0 Å². The van der Waals surface area contributed by atoms with Crippen molar-refractivity contribution in [3.8, 4) is 0 Å².